The summed E-state index contributed by atoms with van der Waals surface area (Å²) >= 11 is 0. The highest BCUT2D eigenvalue weighted by Gasteiger charge is 2.29. The number of hydrogen-bond donors (Lipinski definition) is 4. The van der Waals surface area contributed by atoms with E-state index in [1.165, 1.54) is 28.4 Å². The fraction of sp³-hybridized carbons (Fsp3) is 0.417. The lowest BCUT2D eigenvalue weighted by molar-refractivity contribution is -0.140. The van der Waals surface area contributed by atoms with Crippen molar-refractivity contribution in [3.63, 3.8) is 0 Å². The Morgan fingerprint density at radius 1 is 0.383 bits per heavy atom. The van der Waals surface area contributed by atoms with Gasteiger partial charge in [0.15, 0.2) is 0 Å². The van der Waals surface area contributed by atoms with Crippen molar-refractivity contribution in [1.82, 2.24) is 21.3 Å². The van der Waals surface area contributed by atoms with Crippen LogP contribution in [0.5, 0.6) is 0 Å². The molecule has 0 saturated heterocycles. The minimum absolute atomic E-state index is 0.0242. The molecule has 12 heteroatoms. The molecule has 4 N–H and O–H groups in total. The van der Waals surface area contributed by atoms with Crippen LogP contribution in [-0.2, 0) is 49.0 Å². The topological polar surface area (TPSA) is 153 Å². The molecular formula is C48H60N4O8. The first kappa shape index (κ1) is 45.7. The summed E-state index contributed by atoms with van der Waals surface area (Å²) in [4.78, 5) is 55.5. The monoisotopic (exact) mass is 820 g/mol. The summed E-state index contributed by atoms with van der Waals surface area (Å²) in [7, 11) is 6.03. The van der Waals surface area contributed by atoms with Crippen LogP contribution in [0.1, 0.15) is 99.1 Å². The normalized spacial score (nSPS) is 19.4. The molecule has 1 aliphatic rings. The summed E-state index contributed by atoms with van der Waals surface area (Å²) < 4.78 is 22.3. The highest BCUT2D eigenvalue weighted by Crippen LogP contribution is 2.33. The van der Waals surface area contributed by atoms with E-state index in [9.17, 15) is 19.2 Å². The number of fused-ring (bicyclic) bond motifs is 4. The number of nitrogens with one attached hydrogen (secondary N) is 4. The molecule has 0 radical (unpaired) electrons. The summed E-state index contributed by atoms with van der Waals surface area (Å²) in [5.74, 6) is -3.50. The second-order valence-corrected chi connectivity index (χ2v) is 17.4. The van der Waals surface area contributed by atoms with Crippen molar-refractivity contribution < 1.29 is 38.1 Å². The predicted molar refractivity (Wildman–Crippen MR) is 232 cm³/mol. The first-order valence-corrected chi connectivity index (χ1v) is 20.2. The molecule has 12 nitrogen and oxygen atoms in total. The number of carbonyl (C=O) groups excluding carboxylic acids is 4. The molecular weight excluding hydrogens is 761 g/mol. The molecule has 320 valence electrons. The lowest BCUT2D eigenvalue weighted by Gasteiger charge is -2.26. The van der Waals surface area contributed by atoms with E-state index in [1.807, 2.05) is 60.7 Å². The zero-order valence-electron chi connectivity index (χ0n) is 36.5. The van der Waals surface area contributed by atoms with Crippen LogP contribution in [0, 0.1) is 0 Å². The Labute approximate surface area is 354 Å². The lowest BCUT2D eigenvalue weighted by atomic mass is 9.85. The Bertz CT molecular complexity index is 1900. The molecule has 4 aromatic rings. The van der Waals surface area contributed by atoms with E-state index >= 15 is 0 Å². The predicted octanol–water partition coefficient (Wildman–Crippen LogP) is 6.54. The molecule has 5 rings (SSSR count). The highest BCUT2D eigenvalue weighted by molar-refractivity contribution is 6.35. The van der Waals surface area contributed by atoms with E-state index in [0.717, 1.165) is 33.4 Å². The molecule has 1 aliphatic heterocycles. The van der Waals surface area contributed by atoms with E-state index < -0.39 is 47.8 Å². The first-order valence-electron chi connectivity index (χ1n) is 20.2. The van der Waals surface area contributed by atoms with Gasteiger partial charge in [-0.05, 0) is 90.7 Å². The molecule has 1 heterocycles. The molecule has 0 aliphatic carbocycles. The number of methoxy groups -OCH3 is 4. The first-order chi connectivity index (χ1) is 28.4. The van der Waals surface area contributed by atoms with E-state index in [1.54, 1.807) is 0 Å². The standard InChI is InChI=1S/C48H60N4O8/c1-47(2,3)37-15-11-29(12-16-37)31-19-33-23-34(20-31)40(26-58-8)50-44(54)46(56)52-42(28-60-10)36-22-32(30-13-17-38(18-14-30)48(4,5)6)21-35(24-36)41(27-59-9)51-45(55)43(53)49-39(33)25-57-7/h11-24,39-42H,25-28H2,1-10H3,(H,49,53)(H,50,54)(H,51,55)(H,52,56). The Kier molecular flexibility index (Phi) is 15.1. The van der Waals surface area contributed by atoms with Gasteiger partial charge in [0.25, 0.3) is 0 Å². The number of hydrogen-bond acceptors (Lipinski definition) is 8. The maximum atomic E-state index is 13.9. The molecule has 0 aromatic heterocycles. The van der Waals surface area contributed by atoms with Crippen LogP contribution in [0.3, 0.4) is 0 Å². The van der Waals surface area contributed by atoms with Gasteiger partial charge in [-0.3, -0.25) is 19.2 Å². The third-order valence-electron chi connectivity index (χ3n) is 10.7. The van der Waals surface area contributed by atoms with Gasteiger partial charge in [0, 0.05) is 28.4 Å². The molecule has 4 amide bonds. The van der Waals surface area contributed by atoms with Gasteiger partial charge in [-0.1, -0.05) is 102 Å². The van der Waals surface area contributed by atoms with Crippen molar-refractivity contribution in [3.05, 3.63) is 118 Å². The van der Waals surface area contributed by atoms with Gasteiger partial charge in [-0.15, -0.1) is 0 Å². The summed E-state index contributed by atoms with van der Waals surface area (Å²) in [6, 6.07) is 24.5. The van der Waals surface area contributed by atoms with Crippen molar-refractivity contribution in [2.75, 3.05) is 54.9 Å². The number of carbonyl (C=O) groups is 4. The fourth-order valence-corrected chi connectivity index (χ4v) is 7.26. The van der Waals surface area contributed by atoms with E-state index in [-0.39, 0.29) is 37.3 Å². The van der Waals surface area contributed by atoms with Crippen LogP contribution in [-0.4, -0.2) is 78.5 Å². The van der Waals surface area contributed by atoms with Crippen molar-refractivity contribution in [3.8, 4) is 22.3 Å². The Balaban J connectivity index is 1.66. The fourth-order valence-electron chi connectivity index (χ4n) is 7.26. The molecule has 4 unspecified atom stereocenters. The van der Waals surface area contributed by atoms with Crippen LogP contribution in [0.2, 0.25) is 0 Å². The Hall–Kier alpha value is -5.40. The van der Waals surface area contributed by atoms with Gasteiger partial charge in [-0.25, -0.2) is 0 Å². The molecule has 4 aromatic carbocycles. The second-order valence-electron chi connectivity index (χ2n) is 17.4. The van der Waals surface area contributed by atoms with Crippen molar-refractivity contribution >= 4 is 23.6 Å². The molecule has 4 atom stereocenters. The SMILES string of the molecule is COCC1NC(=O)C(=O)NC(COC)c2cc(-c3ccc(C(C)(C)C)cc3)cc(c2)C(COC)NC(=O)C(=O)NC(COC)c2cc(-c3ccc(C(C)(C)C)cc3)cc1c2. The maximum absolute atomic E-state index is 13.9. The lowest BCUT2D eigenvalue weighted by Crippen LogP contribution is -2.45. The van der Waals surface area contributed by atoms with Gasteiger partial charge in [-0.2, -0.15) is 0 Å². The van der Waals surface area contributed by atoms with Crippen molar-refractivity contribution in [2.45, 2.75) is 76.5 Å². The number of amides is 4. The van der Waals surface area contributed by atoms with Gasteiger partial charge in [0.1, 0.15) is 0 Å². The third kappa shape index (κ3) is 11.4. The minimum Gasteiger partial charge on any atom is -0.382 e. The quantitative estimate of drug-likeness (QED) is 0.132. The molecule has 4 bridgehead atoms. The molecule has 0 fully saturated rings. The Morgan fingerprint density at radius 3 is 0.817 bits per heavy atom. The summed E-state index contributed by atoms with van der Waals surface area (Å²) in [6.45, 7) is 12.9. The minimum atomic E-state index is -0.874. The maximum Gasteiger partial charge on any atom is 0.309 e. The zero-order chi connectivity index (χ0) is 43.8. The molecule has 0 spiro atoms. The second kappa shape index (κ2) is 19.8. The zero-order valence-corrected chi connectivity index (χ0v) is 36.5. The van der Waals surface area contributed by atoms with Crippen LogP contribution in [0.15, 0.2) is 84.9 Å². The van der Waals surface area contributed by atoms with Crippen LogP contribution < -0.4 is 21.3 Å². The third-order valence-corrected chi connectivity index (χ3v) is 10.7. The van der Waals surface area contributed by atoms with Crippen LogP contribution in [0.25, 0.3) is 22.3 Å². The van der Waals surface area contributed by atoms with Gasteiger partial charge in [0.05, 0.1) is 50.6 Å². The average Bonchev–Trinajstić information content (AvgIpc) is 3.21. The van der Waals surface area contributed by atoms with Crippen LogP contribution >= 0.6 is 0 Å². The summed E-state index contributed by atoms with van der Waals surface area (Å²) in [6.07, 6.45) is 0. The Morgan fingerprint density at radius 2 is 0.617 bits per heavy atom. The van der Waals surface area contributed by atoms with E-state index in [0.29, 0.717) is 22.3 Å². The molecule has 0 saturated carbocycles. The van der Waals surface area contributed by atoms with Gasteiger partial charge in [0.2, 0.25) is 0 Å². The average molecular weight is 821 g/mol. The van der Waals surface area contributed by atoms with Gasteiger partial charge >= 0.3 is 23.6 Å². The van der Waals surface area contributed by atoms with E-state index in [4.69, 9.17) is 18.9 Å². The smallest absolute Gasteiger partial charge is 0.309 e. The molecule has 60 heavy (non-hydrogen) atoms. The van der Waals surface area contributed by atoms with Gasteiger partial charge < -0.3 is 40.2 Å². The number of ether oxygens (including phenoxy) is 4. The van der Waals surface area contributed by atoms with Crippen molar-refractivity contribution in [1.29, 1.82) is 0 Å². The van der Waals surface area contributed by atoms with Crippen LogP contribution in [0.4, 0.5) is 0 Å². The summed E-state index contributed by atoms with van der Waals surface area (Å²) in [5, 5.41) is 11.5. The summed E-state index contributed by atoms with van der Waals surface area (Å²) in [5.41, 5.74) is 7.90. The van der Waals surface area contributed by atoms with E-state index in [2.05, 4.69) is 87.1 Å². The number of benzene rings is 4. The van der Waals surface area contributed by atoms with Crippen molar-refractivity contribution in [2.24, 2.45) is 0 Å². The number of rotatable bonds is 10. The highest BCUT2D eigenvalue weighted by atomic mass is 16.5. The largest absolute Gasteiger partial charge is 0.382 e.